The first-order valence-electron chi connectivity index (χ1n) is 9.12. The van der Waals surface area contributed by atoms with Crippen LogP contribution in [0.5, 0.6) is 0 Å². The van der Waals surface area contributed by atoms with Gasteiger partial charge in [0.15, 0.2) is 0 Å². The molecule has 1 atom stereocenters. The Hall–Kier alpha value is -2.14. The number of aromatic nitrogens is 2. The third-order valence-corrected chi connectivity index (χ3v) is 6.67. The standard InChI is InChI=1S/C22H17Cl2N3S/c1-12-11-15-5-3-4-6-17(15)27(12)20-19-18(14-7-9-16(23)10-8-14)13(2)28-21(19)26-22(24)25-20/h3-10,12H,11H2,1-2H3. The van der Waals surface area contributed by atoms with E-state index in [0.717, 1.165) is 38.6 Å². The average Bonchev–Trinajstić information content (AvgIpc) is 3.17. The molecule has 3 heterocycles. The largest absolute Gasteiger partial charge is 0.322 e. The summed E-state index contributed by atoms with van der Waals surface area (Å²) >= 11 is 14.1. The van der Waals surface area contributed by atoms with Gasteiger partial charge in [0.1, 0.15) is 10.6 Å². The third kappa shape index (κ3) is 2.79. The number of rotatable bonds is 2. The van der Waals surface area contributed by atoms with Gasteiger partial charge in [0.25, 0.3) is 0 Å². The highest BCUT2D eigenvalue weighted by molar-refractivity contribution is 7.19. The lowest BCUT2D eigenvalue weighted by Gasteiger charge is -2.25. The molecule has 0 spiro atoms. The highest BCUT2D eigenvalue weighted by Gasteiger charge is 2.31. The van der Waals surface area contributed by atoms with Crippen LogP contribution in [0.3, 0.4) is 0 Å². The fourth-order valence-corrected chi connectivity index (χ4v) is 5.48. The molecule has 1 aliphatic heterocycles. The van der Waals surface area contributed by atoms with Crippen molar-refractivity contribution >= 4 is 56.3 Å². The van der Waals surface area contributed by atoms with E-state index in [1.165, 1.54) is 16.1 Å². The molecule has 1 aliphatic rings. The molecule has 0 saturated heterocycles. The summed E-state index contributed by atoms with van der Waals surface area (Å²) in [5, 5.41) is 2.06. The number of halogens is 2. The molecular formula is C22H17Cl2N3S. The molecule has 0 saturated carbocycles. The van der Waals surface area contributed by atoms with Gasteiger partial charge in [-0.15, -0.1) is 11.3 Å². The van der Waals surface area contributed by atoms with Crippen molar-refractivity contribution in [2.24, 2.45) is 0 Å². The molecule has 4 aromatic rings. The van der Waals surface area contributed by atoms with Gasteiger partial charge < -0.3 is 4.90 Å². The molecule has 0 amide bonds. The fourth-order valence-electron chi connectivity index (χ4n) is 4.10. The summed E-state index contributed by atoms with van der Waals surface area (Å²) < 4.78 is 0. The molecule has 5 rings (SSSR count). The zero-order valence-electron chi connectivity index (χ0n) is 15.4. The maximum Gasteiger partial charge on any atom is 0.225 e. The third-order valence-electron chi connectivity index (χ3n) is 5.25. The first-order valence-corrected chi connectivity index (χ1v) is 10.7. The van der Waals surface area contributed by atoms with Crippen LogP contribution in [0.1, 0.15) is 17.4 Å². The van der Waals surface area contributed by atoms with Crippen LogP contribution < -0.4 is 4.90 Å². The molecule has 6 heteroatoms. The molecule has 0 radical (unpaired) electrons. The van der Waals surface area contributed by atoms with Crippen molar-refractivity contribution in [2.75, 3.05) is 4.90 Å². The molecule has 2 aromatic heterocycles. The Morgan fingerprint density at radius 1 is 1.04 bits per heavy atom. The molecule has 0 bridgehead atoms. The lowest BCUT2D eigenvalue weighted by atomic mass is 10.0. The quantitative estimate of drug-likeness (QED) is 0.322. The second-order valence-corrected chi connectivity index (χ2v) is 9.07. The highest BCUT2D eigenvalue weighted by atomic mass is 35.5. The minimum Gasteiger partial charge on any atom is -0.322 e. The number of thiophene rings is 1. The van der Waals surface area contributed by atoms with Gasteiger partial charge in [0.05, 0.1) is 5.39 Å². The second-order valence-electron chi connectivity index (χ2n) is 7.09. The maximum absolute atomic E-state index is 6.35. The van der Waals surface area contributed by atoms with Crippen molar-refractivity contribution < 1.29 is 0 Å². The van der Waals surface area contributed by atoms with Crippen LogP contribution in [0.25, 0.3) is 21.3 Å². The predicted molar refractivity (Wildman–Crippen MR) is 119 cm³/mol. The molecule has 3 nitrogen and oxygen atoms in total. The molecule has 1 unspecified atom stereocenters. The zero-order valence-corrected chi connectivity index (χ0v) is 17.7. The molecule has 28 heavy (non-hydrogen) atoms. The Bertz CT molecular complexity index is 1200. The van der Waals surface area contributed by atoms with E-state index in [1.807, 2.05) is 12.1 Å². The Labute approximate surface area is 177 Å². The summed E-state index contributed by atoms with van der Waals surface area (Å²) in [6.07, 6.45) is 0.985. The van der Waals surface area contributed by atoms with Crippen LogP contribution in [0.15, 0.2) is 48.5 Å². The molecule has 0 aliphatic carbocycles. The summed E-state index contributed by atoms with van der Waals surface area (Å²) in [6.45, 7) is 4.35. The summed E-state index contributed by atoms with van der Waals surface area (Å²) in [5.41, 5.74) is 4.79. The van der Waals surface area contributed by atoms with E-state index in [0.29, 0.717) is 6.04 Å². The Morgan fingerprint density at radius 3 is 2.57 bits per heavy atom. The second kappa shape index (κ2) is 6.73. The number of fused-ring (bicyclic) bond motifs is 2. The summed E-state index contributed by atoms with van der Waals surface area (Å²) in [6, 6.07) is 16.7. The SMILES string of the molecule is Cc1sc2nc(Cl)nc(N3c4ccccc4CC3C)c2c1-c1ccc(Cl)cc1. The van der Waals surface area contributed by atoms with Crippen LogP contribution in [-0.2, 0) is 6.42 Å². The molecule has 140 valence electrons. The van der Waals surface area contributed by atoms with E-state index >= 15 is 0 Å². The predicted octanol–water partition coefficient (Wildman–Crippen LogP) is 7.06. The van der Waals surface area contributed by atoms with Crippen molar-refractivity contribution in [3.05, 3.63) is 69.3 Å². The number of hydrogen-bond donors (Lipinski definition) is 0. The van der Waals surface area contributed by atoms with Crippen LogP contribution in [-0.4, -0.2) is 16.0 Å². The Kier molecular flexibility index (Phi) is 4.31. The summed E-state index contributed by atoms with van der Waals surface area (Å²) in [5.74, 6) is 0.877. The van der Waals surface area contributed by atoms with E-state index in [2.05, 4.69) is 60.1 Å². The van der Waals surface area contributed by atoms with Crippen molar-refractivity contribution in [2.45, 2.75) is 26.3 Å². The van der Waals surface area contributed by atoms with Crippen LogP contribution >= 0.6 is 34.5 Å². The van der Waals surface area contributed by atoms with E-state index in [4.69, 9.17) is 28.2 Å². The number of aryl methyl sites for hydroxylation is 1. The van der Waals surface area contributed by atoms with Crippen LogP contribution in [0.4, 0.5) is 11.5 Å². The lowest BCUT2D eigenvalue weighted by molar-refractivity contribution is 0.752. The van der Waals surface area contributed by atoms with Crippen LogP contribution in [0.2, 0.25) is 10.3 Å². The lowest BCUT2D eigenvalue weighted by Crippen LogP contribution is -2.25. The van der Waals surface area contributed by atoms with Gasteiger partial charge in [-0.25, -0.2) is 4.98 Å². The van der Waals surface area contributed by atoms with Gasteiger partial charge in [-0.2, -0.15) is 4.98 Å². The zero-order chi connectivity index (χ0) is 19.4. The maximum atomic E-state index is 6.35. The first kappa shape index (κ1) is 17.9. The van der Waals surface area contributed by atoms with Gasteiger partial charge >= 0.3 is 0 Å². The van der Waals surface area contributed by atoms with E-state index in [9.17, 15) is 0 Å². The summed E-state index contributed by atoms with van der Waals surface area (Å²) in [4.78, 5) is 13.6. The van der Waals surface area contributed by atoms with E-state index in [1.54, 1.807) is 11.3 Å². The van der Waals surface area contributed by atoms with E-state index in [-0.39, 0.29) is 5.28 Å². The van der Waals surface area contributed by atoms with Gasteiger partial charge in [0, 0.05) is 27.2 Å². The number of nitrogens with zero attached hydrogens (tertiary/aromatic N) is 3. The number of para-hydroxylation sites is 1. The molecule has 0 N–H and O–H groups in total. The minimum atomic E-state index is 0.281. The van der Waals surface area contributed by atoms with Gasteiger partial charge in [0.2, 0.25) is 5.28 Å². The highest BCUT2D eigenvalue weighted by Crippen LogP contribution is 2.46. The van der Waals surface area contributed by atoms with Gasteiger partial charge in [-0.3, -0.25) is 0 Å². The molecule has 0 fully saturated rings. The van der Waals surface area contributed by atoms with Crippen LogP contribution in [0, 0.1) is 6.92 Å². The summed E-state index contributed by atoms with van der Waals surface area (Å²) in [7, 11) is 0. The smallest absolute Gasteiger partial charge is 0.225 e. The normalized spacial score (nSPS) is 16.0. The molecule has 2 aromatic carbocycles. The van der Waals surface area contributed by atoms with Crippen molar-refractivity contribution in [3.63, 3.8) is 0 Å². The molecular weight excluding hydrogens is 409 g/mol. The fraction of sp³-hybridized carbons (Fsp3) is 0.182. The van der Waals surface area contributed by atoms with Gasteiger partial charge in [-0.05, 0) is 61.2 Å². The van der Waals surface area contributed by atoms with E-state index < -0.39 is 0 Å². The van der Waals surface area contributed by atoms with Crippen molar-refractivity contribution in [1.29, 1.82) is 0 Å². The monoisotopic (exact) mass is 425 g/mol. The Morgan fingerprint density at radius 2 is 1.79 bits per heavy atom. The topological polar surface area (TPSA) is 29.0 Å². The first-order chi connectivity index (χ1) is 13.5. The van der Waals surface area contributed by atoms with Crippen molar-refractivity contribution in [3.8, 4) is 11.1 Å². The number of hydrogen-bond acceptors (Lipinski definition) is 4. The van der Waals surface area contributed by atoms with Crippen molar-refractivity contribution in [1.82, 2.24) is 9.97 Å². The van der Waals surface area contributed by atoms with Gasteiger partial charge in [-0.1, -0.05) is 41.9 Å². The minimum absolute atomic E-state index is 0.281. The number of benzene rings is 2. The Balaban J connectivity index is 1.81. The average molecular weight is 426 g/mol. The number of anilines is 2.